The molecule has 47 heavy (non-hydrogen) atoms. The number of nitrogens with one attached hydrogen (secondary N) is 1. The maximum absolute atomic E-state index is 13.6. The Balaban J connectivity index is 1.07. The molecule has 2 saturated carbocycles. The van der Waals surface area contributed by atoms with Crippen molar-refractivity contribution < 1.29 is 32.5 Å². The van der Waals surface area contributed by atoms with Crippen LogP contribution in [0, 0.1) is 11.8 Å². The highest BCUT2D eigenvalue weighted by Gasteiger charge is 2.41. The predicted molar refractivity (Wildman–Crippen MR) is 177 cm³/mol. The molecule has 1 aliphatic heterocycles. The topological polar surface area (TPSA) is 114 Å². The number of carbonyl (C=O) groups is 1. The van der Waals surface area contributed by atoms with Gasteiger partial charge < -0.3 is 24.6 Å². The number of ether oxygens (including phenoxy) is 3. The Morgan fingerprint density at radius 3 is 2.53 bits per heavy atom. The van der Waals surface area contributed by atoms with E-state index < -0.39 is 16.3 Å². The highest BCUT2D eigenvalue weighted by Crippen LogP contribution is 2.45. The number of hydrogen-bond donors (Lipinski definition) is 2. The molecule has 2 fully saturated rings. The summed E-state index contributed by atoms with van der Waals surface area (Å²) in [5, 5.41) is 12.9. The molecule has 3 aromatic carbocycles. The molecule has 3 unspecified atom stereocenters. The maximum atomic E-state index is 13.6. The van der Waals surface area contributed by atoms with E-state index in [9.17, 15) is 18.3 Å². The van der Waals surface area contributed by atoms with Crippen LogP contribution in [-0.4, -0.2) is 69.5 Å². The van der Waals surface area contributed by atoms with E-state index >= 15 is 0 Å². The van der Waals surface area contributed by atoms with E-state index in [-0.39, 0.29) is 54.8 Å². The number of aliphatic hydroxyl groups is 1. The Labute approximate surface area is 276 Å². The average molecular weight is 659 g/mol. The molecule has 10 heteroatoms. The fraction of sp³-hybridized carbons (Fsp3) is 0.432. The van der Waals surface area contributed by atoms with Gasteiger partial charge in [0.2, 0.25) is 16.3 Å². The number of carbonyl (C=O) groups excluding carboxylic acids is 1. The van der Waals surface area contributed by atoms with Crippen molar-refractivity contribution in [3.05, 3.63) is 95.3 Å². The van der Waals surface area contributed by atoms with Crippen LogP contribution in [0.5, 0.6) is 5.75 Å². The van der Waals surface area contributed by atoms with Gasteiger partial charge in [0, 0.05) is 31.5 Å². The Kier molecular flexibility index (Phi) is 9.11. The van der Waals surface area contributed by atoms with E-state index in [1.807, 2.05) is 6.08 Å². The molecule has 4 aliphatic rings. The number of hydrogen-bond acceptors (Lipinski definition) is 7. The summed E-state index contributed by atoms with van der Waals surface area (Å²) < 4.78 is 45.5. The fourth-order valence-electron chi connectivity index (χ4n) is 7.85. The van der Waals surface area contributed by atoms with Crippen molar-refractivity contribution in [3.63, 3.8) is 0 Å². The van der Waals surface area contributed by atoms with E-state index in [2.05, 4.69) is 47.8 Å². The highest BCUT2D eigenvalue weighted by atomic mass is 32.2. The van der Waals surface area contributed by atoms with Crippen LogP contribution in [-0.2, 0) is 30.7 Å². The molecule has 1 heterocycles. The van der Waals surface area contributed by atoms with Crippen LogP contribution in [0.2, 0.25) is 0 Å². The summed E-state index contributed by atoms with van der Waals surface area (Å²) in [4.78, 5) is 13.7. The molecule has 3 aromatic rings. The monoisotopic (exact) mass is 658 g/mol. The lowest BCUT2D eigenvalue weighted by Crippen LogP contribution is -2.41. The molecule has 0 aromatic heterocycles. The zero-order chi connectivity index (χ0) is 32.5. The second kappa shape index (κ2) is 13.4. The predicted octanol–water partition coefficient (Wildman–Crippen LogP) is 4.98. The molecule has 0 radical (unpaired) electrons. The number of fused-ring (bicyclic) bond motifs is 5. The van der Waals surface area contributed by atoms with Crippen LogP contribution in [0.3, 0.4) is 0 Å². The second-order valence-electron chi connectivity index (χ2n) is 13.1. The van der Waals surface area contributed by atoms with Gasteiger partial charge >= 0.3 is 0 Å². The number of rotatable bonds is 12. The molecule has 2 bridgehead atoms. The summed E-state index contributed by atoms with van der Waals surface area (Å²) in [6.07, 6.45) is 7.11. The van der Waals surface area contributed by atoms with Crippen LogP contribution in [0.1, 0.15) is 54.7 Å². The van der Waals surface area contributed by atoms with Gasteiger partial charge in [-0.05, 0) is 95.7 Å². The van der Waals surface area contributed by atoms with Gasteiger partial charge in [0.15, 0.2) is 5.76 Å². The van der Waals surface area contributed by atoms with Gasteiger partial charge in [0.1, 0.15) is 5.75 Å². The lowest BCUT2D eigenvalue weighted by molar-refractivity contribution is -0.147. The molecule has 5 atom stereocenters. The van der Waals surface area contributed by atoms with E-state index in [1.165, 1.54) is 58.6 Å². The Bertz CT molecular complexity index is 1760. The lowest BCUT2D eigenvalue weighted by atomic mass is 9.90. The minimum atomic E-state index is -3.89. The summed E-state index contributed by atoms with van der Waals surface area (Å²) in [5.74, 6) is 1.67. The average Bonchev–Trinajstić information content (AvgIpc) is 3.82. The van der Waals surface area contributed by atoms with Crippen LogP contribution < -0.4 is 10.1 Å². The molecule has 3 aliphatic carbocycles. The van der Waals surface area contributed by atoms with Gasteiger partial charge in [-0.1, -0.05) is 48.9 Å². The highest BCUT2D eigenvalue weighted by molar-refractivity contribution is 7.89. The Hall–Kier alpha value is -3.70. The zero-order valence-corrected chi connectivity index (χ0v) is 27.5. The van der Waals surface area contributed by atoms with E-state index in [4.69, 9.17) is 14.2 Å². The third kappa shape index (κ3) is 6.56. The third-order valence-electron chi connectivity index (χ3n) is 10.3. The van der Waals surface area contributed by atoms with Crippen molar-refractivity contribution in [1.29, 1.82) is 0 Å². The number of amides is 1. The summed E-state index contributed by atoms with van der Waals surface area (Å²) in [5.41, 5.74) is 6.16. The van der Waals surface area contributed by atoms with Crippen LogP contribution >= 0.6 is 0 Å². The van der Waals surface area contributed by atoms with Crippen LogP contribution in [0.15, 0.2) is 83.5 Å². The number of benzene rings is 3. The van der Waals surface area contributed by atoms with Gasteiger partial charge in [0.05, 0.1) is 25.2 Å². The standard InChI is InChI=1S/C37H42N2O7S/c1-44-30-9-11-31(12-10-30)47(42,43)39(14-16-40)15-17-45-36-23-28(22-35(46-36)37(41)38-34-19-24-6-7-27(34)18-24)25-8-13-33-29(20-25)21-26-4-2-3-5-32(26)33/h2-5,8-13,20,22,24,27-28,34,36,40H,6-7,14-19,21,23H2,1H3,(H,38,41)/t24?,27?,28-,34?,36+/m1/s1. The summed E-state index contributed by atoms with van der Waals surface area (Å²) >= 11 is 0. The first-order valence-corrected chi connectivity index (χ1v) is 18.0. The first kappa shape index (κ1) is 31.9. The molecule has 248 valence electrons. The minimum Gasteiger partial charge on any atom is -0.497 e. The van der Waals surface area contributed by atoms with Crippen molar-refractivity contribution in [1.82, 2.24) is 9.62 Å². The SMILES string of the molecule is COc1ccc(S(=O)(=O)N(CCO)CCO[C@@H]2C[C@H](c3ccc4c(c3)Cc3ccccc3-4)C=C(C(=O)NC3CC4CCC3C4)O2)cc1. The van der Waals surface area contributed by atoms with Crippen molar-refractivity contribution in [3.8, 4) is 16.9 Å². The quantitative estimate of drug-likeness (QED) is 0.221. The van der Waals surface area contributed by atoms with E-state index in [0.717, 1.165) is 24.8 Å². The lowest BCUT2D eigenvalue weighted by Gasteiger charge is -2.31. The number of sulfonamides is 1. The van der Waals surface area contributed by atoms with Crippen molar-refractivity contribution in [2.24, 2.45) is 11.8 Å². The van der Waals surface area contributed by atoms with Crippen molar-refractivity contribution >= 4 is 15.9 Å². The van der Waals surface area contributed by atoms with E-state index in [1.54, 1.807) is 12.1 Å². The first-order chi connectivity index (χ1) is 22.8. The number of nitrogens with zero attached hydrogens (tertiary/aromatic N) is 1. The molecule has 2 N–H and O–H groups in total. The summed E-state index contributed by atoms with van der Waals surface area (Å²) in [6, 6.07) is 21.3. The third-order valence-corrected chi connectivity index (χ3v) is 12.2. The van der Waals surface area contributed by atoms with Crippen molar-refractivity contribution in [2.75, 3.05) is 33.4 Å². The smallest absolute Gasteiger partial charge is 0.286 e. The second-order valence-corrected chi connectivity index (χ2v) is 15.0. The Morgan fingerprint density at radius 1 is 0.979 bits per heavy atom. The zero-order valence-electron chi connectivity index (χ0n) is 26.6. The molecule has 1 amide bonds. The minimum absolute atomic E-state index is 0.00688. The fourth-order valence-corrected chi connectivity index (χ4v) is 9.27. The maximum Gasteiger partial charge on any atom is 0.286 e. The molecule has 9 nitrogen and oxygen atoms in total. The first-order valence-electron chi connectivity index (χ1n) is 16.6. The Morgan fingerprint density at radius 2 is 1.79 bits per heavy atom. The molecule has 7 rings (SSSR count). The van der Waals surface area contributed by atoms with Gasteiger partial charge in [0.25, 0.3) is 5.91 Å². The molecular weight excluding hydrogens is 616 g/mol. The van der Waals surface area contributed by atoms with Gasteiger partial charge in [-0.3, -0.25) is 4.79 Å². The van der Waals surface area contributed by atoms with Gasteiger partial charge in [-0.25, -0.2) is 8.42 Å². The summed E-state index contributed by atoms with van der Waals surface area (Å²) in [7, 11) is -2.38. The van der Waals surface area contributed by atoms with Crippen LogP contribution in [0.25, 0.3) is 11.1 Å². The number of allylic oxidation sites excluding steroid dienone is 1. The molecule has 0 spiro atoms. The number of aliphatic hydroxyl groups excluding tert-OH is 1. The normalized spacial score (nSPS) is 24.4. The van der Waals surface area contributed by atoms with Gasteiger partial charge in [-0.2, -0.15) is 4.31 Å². The van der Waals surface area contributed by atoms with E-state index in [0.29, 0.717) is 24.0 Å². The van der Waals surface area contributed by atoms with Crippen LogP contribution in [0.4, 0.5) is 0 Å². The largest absolute Gasteiger partial charge is 0.497 e. The molecule has 0 saturated heterocycles. The summed E-state index contributed by atoms with van der Waals surface area (Å²) in [6.45, 7) is -0.392. The number of methoxy groups -OCH3 is 1. The van der Waals surface area contributed by atoms with Gasteiger partial charge in [-0.15, -0.1) is 0 Å². The van der Waals surface area contributed by atoms with Crippen molar-refractivity contribution in [2.45, 2.75) is 61.7 Å². The molecular formula is C37H42N2O7S.